The number of ether oxygens (including phenoxy) is 2. The Morgan fingerprint density at radius 3 is 2.44 bits per heavy atom. The highest BCUT2D eigenvalue weighted by atomic mass is 28.4. The first kappa shape index (κ1) is 31.4. The van der Waals surface area contributed by atoms with Crippen molar-refractivity contribution in [2.75, 3.05) is 12.4 Å². The first-order valence-electron chi connectivity index (χ1n) is 13.6. The molecule has 12 heteroatoms. The number of carbonyl (C=O) groups excluding carboxylic acids is 1. The Balaban J connectivity index is 1.64. The van der Waals surface area contributed by atoms with Gasteiger partial charge in [-0.15, -0.1) is 0 Å². The van der Waals surface area contributed by atoms with Crippen LogP contribution in [0.15, 0.2) is 24.4 Å². The van der Waals surface area contributed by atoms with Crippen molar-refractivity contribution in [2.45, 2.75) is 95.5 Å². The number of methoxy groups -OCH3 is 1. The molecule has 0 unspecified atom stereocenters. The van der Waals surface area contributed by atoms with E-state index in [-0.39, 0.29) is 22.4 Å². The van der Waals surface area contributed by atoms with Crippen molar-refractivity contribution in [2.24, 2.45) is 5.92 Å². The van der Waals surface area contributed by atoms with Crippen molar-refractivity contribution < 1.29 is 40.6 Å². The number of nitrogens with one attached hydrogen (secondary N) is 1. The van der Waals surface area contributed by atoms with Gasteiger partial charge in [0.25, 0.3) is 5.91 Å². The van der Waals surface area contributed by atoms with Crippen LogP contribution in [0.3, 0.4) is 0 Å². The Morgan fingerprint density at radius 2 is 1.85 bits per heavy atom. The Labute approximate surface area is 238 Å². The number of rotatable bonds is 6. The second-order valence-electron chi connectivity index (χ2n) is 12.6. The SMILES string of the molecule is COc1c([C@H]2[C@H](C(=O)Nc3cnc4c(c3)CC[C@H]4O[Si](C)(C)C(C)(C)C)O[C@@](C)(C(F)(F)F)[C@H]2C)ccc(F)c1F. The quantitative estimate of drug-likeness (QED) is 0.276. The molecule has 0 radical (unpaired) electrons. The second-order valence-corrected chi connectivity index (χ2v) is 17.4. The monoisotopic (exact) mass is 600 g/mol. The average Bonchev–Trinajstić information content (AvgIpc) is 3.37. The minimum Gasteiger partial charge on any atom is -0.493 e. The summed E-state index contributed by atoms with van der Waals surface area (Å²) in [5.74, 6) is -6.65. The summed E-state index contributed by atoms with van der Waals surface area (Å²) in [6.45, 7) is 12.9. The molecule has 226 valence electrons. The maximum Gasteiger partial charge on any atom is 0.417 e. The number of aromatic nitrogens is 1. The molecular weight excluding hydrogens is 563 g/mol. The highest BCUT2D eigenvalue weighted by molar-refractivity contribution is 6.74. The van der Waals surface area contributed by atoms with Gasteiger partial charge in [0.2, 0.25) is 5.82 Å². The summed E-state index contributed by atoms with van der Waals surface area (Å²) in [6, 6.07) is 3.66. The zero-order chi connectivity index (χ0) is 30.7. The molecule has 0 bridgehead atoms. The Morgan fingerprint density at radius 1 is 1.20 bits per heavy atom. The summed E-state index contributed by atoms with van der Waals surface area (Å²) in [5.41, 5.74) is -0.877. The molecule has 1 aliphatic heterocycles. The zero-order valence-electron chi connectivity index (χ0n) is 24.5. The fourth-order valence-corrected chi connectivity index (χ4v) is 6.70. The molecule has 1 aromatic heterocycles. The Bertz CT molecular complexity index is 1330. The van der Waals surface area contributed by atoms with E-state index in [4.69, 9.17) is 13.9 Å². The Hall–Kier alpha value is -2.57. The van der Waals surface area contributed by atoms with Crippen LogP contribution in [0.2, 0.25) is 18.1 Å². The number of amides is 1. The number of benzene rings is 1. The van der Waals surface area contributed by atoms with Crippen molar-refractivity contribution in [3.63, 3.8) is 0 Å². The van der Waals surface area contributed by atoms with E-state index in [2.05, 4.69) is 44.2 Å². The van der Waals surface area contributed by atoms with Gasteiger partial charge in [0.1, 0.15) is 6.10 Å². The molecule has 0 spiro atoms. The number of anilines is 1. The van der Waals surface area contributed by atoms with E-state index in [1.54, 1.807) is 6.07 Å². The van der Waals surface area contributed by atoms with Crippen LogP contribution in [-0.2, 0) is 20.4 Å². The Kier molecular flexibility index (Phi) is 8.11. The maximum absolute atomic E-state index is 14.6. The summed E-state index contributed by atoms with van der Waals surface area (Å²) in [5, 5.41) is 2.65. The van der Waals surface area contributed by atoms with E-state index in [1.165, 1.54) is 13.1 Å². The van der Waals surface area contributed by atoms with Crippen molar-refractivity contribution in [3.8, 4) is 5.75 Å². The molecule has 6 nitrogen and oxygen atoms in total. The summed E-state index contributed by atoms with van der Waals surface area (Å²) in [6.07, 6.45) is -3.86. The summed E-state index contributed by atoms with van der Waals surface area (Å²) in [7, 11) is -0.984. The predicted octanol–water partition coefficient (Wildman–Crippen LogP) is 7.46. The lowest BCUT2D eigenvalue weighted by Crippen LogP contribution is -2.47. The van der Waals surface area contributed by atoms with Crippen LogP contribution in [-0.4, -0.2) is 44.2 Å². The van der Waals surface area contributed by atoms with E-state index < -0.39 is 61.3 Å². The molecule has 1 aliphatic carbocycles. The first-order chi connectivity index (χ1) is 18.8. The van der Waals surface area contributed by atoms with Gasteiger partial charge in [0.05, 0.1) is 30.8 Å². The summed E-state index contributed by atoms with van der Waals surface area (Å²) < 4.78 is 88.2. The van der Waals surface area contributed by atoms with E-state index >= 15 is 0 Å². The van der Waals surface area contributed by atoms with Crippen LogP contribution in [0.1, 0.15) is 69.9 Å². The predicted molar refractivity (Wildman–Crippen MR) is 146 cm³/mol. The molecule has 1 N–H and O–H groups in total. The van der Waals surface area contributed by atoms with Crippen LogP contribution in [0, 0.1) is 17.6 Å². The van der Waals surface area contributed by atoms with Gasteiger partial charge in [0, 0.05) is 17.4 Å². The van der Waals surface area contributed by atoms with Crippen LogP contribution in [0.25, 0.3) is 0 Å². The number of hydrogen-bond donors (Lipinski definition) is 1. The van der Waals surface area contributed by atoms with Gasteiger partial charge in [-0.2, -0.15) is 17.6 Å². The molecule has 1 amide bonds. The van der Waals surface area contributed by atoms with E-state index in [9.17, 15) is 26.7 Å². The number of fused-ring (bicyclic) bond motifs is 1. The largest absolute Gasteiger partial charge is 0.493 e. The number of nitrogens with zero attached hydrogens (tertiary/aromatic N) is 1. The third-order valence-corrected chi connectivity index (χ3v) is 13.5. The van der Waals surface area contributed by atoms with Gasteiger partial charge in [-0.1, -0.05) is 33.8 Å². The lowest BCUT2D eigenvalue weighted by molar-refractivity contribution is -0.272. The molecule has 2 aromatic rings. The molecule has 1 fully saturated rings. The standard InChI is InChI=1S/C29H37F5N2O4Si/c1-15-21(18-10-11-19(30)22(31)24(18)38-6)25(39-28(15,5)29(32,33)34)26(37)36-17-13-16-9-12-20(23(16)35-14-17)40-41(7,8)27(2,3)4/h10-11,13-15,20-21,25H,9,12H2,1-8H3,(H,36,37)/t15-,20+,21-,25+,28+/m0/s1. The third-order valence-electron chi connectivity index (χ3n) is 9.06. The van der Waals surface area contributed by atoms with Gasteiger partial charge in [-0.3, -0.25) is 9.78 Å². The molecule has 41 heavy (non-hydrogen) atoms. The molecule has 5 atom stereocenters. The third kappa shape index (κ3) is 5.50. The zero-order valence-corrected chi connectivity index (χ0v) is 25.5. The molecule has 1 aromatic carbocycles. The molecule has 0 saturated carbocycles. The number of pyridine rings is 1. The highest BCUT2D eigenvalue weighted by Crippen LogP contribution is 2.55. The molecule has 4 rings (SSSR count). The van der Waals surface area contributed by atoms with Crippen LogP contribution >= 0.6 is 0 Å². The fraction of sp³-hybridized carbons (Fsp3) is 0.586. The molecular formula is C29H37F5N2O4Si. The number of aryl methyl sites for hydroxylation is 1. The lowest BCUT2D eigenvalue weighted by Gasteiger charge is -2.38. The topological polar surface area (TPSA) is 69.7 Å². The van der Waals surface area contributed by atoms with Crippen LogP contribution in [0.5, 0.6) is 5.75 Å². The first-order valence-corrected chi connectivity index (χ1v) is 16.5. The number of hydrogen-bond acceptors (Lipinski definition) is 5. The number of halogens is 5. The molecule has 2 heterocycles. The van der Waals surface area contributed by atoms with E-state index in [0.29, 0.717) is 6.42 Å². The minimum absolute atomic E-state index is 0.0136. The maximum atomic E-state index is 14.6. The van der Waals surface area contributed by atoms with Gasteiger partial charge < -0.3 is 19.2 Å². The van der Waals surface area contributed by atoms with Crippen LogP contribution in [0.4, 0.5) is 27.6 Å². The lowest BCUT2D eigenvalue weighted by atomic mass is 9.77. The summed E-state index contributed by atoms with van der Waals surface area (Å²) in [4.78, 5) is 18.1. The number of alkyl halides is 3. The van der Waals surface area contributed by atoms with Crippen LogP contribution < -0.4 is 10.1 Å². The highest BCUT2D eigenvalue weighted by Gasteiger charge is 2.66. The van der Waals surface area contributed by atoms with Crippen molar-refractivity contribution in [1.82, 2.24) is 4.98 Å². The molecule has 2 aliphatic rings. The van der Waals surface area contributed by atoms with Crippen molar-refractivity contribution in [1.29, 1.82) is 0 Å². The van der Waals surface area contributed by atoms with Crippen molar-refractivity contribution in [3.05, 3.63) is 52.9 Å². The van der Waals surface area contributed by atoms with E-state index in [1.807, 2.05) is 0 Å². The van der Waals surface area contributed by atoms with Gasteiger partial charge in [-0.05, 0) is 55.6 Å². The fourth-order valence-electron chi connectivity index (χ4n) is 5.40. The van der Waals surface area contributed by atoms with Gasteiger partial charge in [-0.25, -0.2) is 4.39 Å². The van der Waals surface area contributed by atoms with Gasteiger partial charge >= 0.3 is 6.18 Å². The second kappa shape index (κ2) is 10.6. The number of carbonyl (C=O) groups is 1. The minimum atomic E-state index is -4.85. The molecule has 1 saturated heterocycles. The summed E-state index contributed by atoms with van der Waals surface area (Å²) >= 11 is 0. The average molecular weight is 601 g/mol. The van der Waals surface area contributed by atoms with Crippen molar-refractivity contribution >= 4 is 19.9 Å². The van der Waals surface area contributed by atoms with E-state index in [0.717, 1.165) is 43.8 Å². The normalized spacial score (nSPS) is 26.7. The smallest absolute Gasteiger partial charge is 0.417 e. The van der Waals surface area contributed by atoms with Gasteiger partial charge in [0.15, 0.2) is 25.5 Å².